The van der Waals surface area contributed by atoms with Gasteiger partial charge in [0.25, 0.3) is 0 Å². The zero-order chi connectivity index (χ0) is 17.2. The summed E-state index contributed by atoms with van der Waals surface area (Å²) in [4.78, 5) is 32.9. The van der Waals surface area contributed by atoms with E-state index in [1.54, 1.807) is 40.0 Å². The molecule has 0 saturated carbocycles. The first kappa shape index (κ1) is 16.7. The molecule has 0 spiro atoms. The third-order valence-corrected chi connectivity index (χ3v) is 2.87. The SMILES string of the molecule is CC(=O)c1coc(-c2ccnc(N(C)C(=O)OC(C)(C)C)c2)n1. The zero-order valence-electron chi connectivity index (χ0n) is 13.8. The fourth-order valence-corrected chi connectivity index (χ4v) is 1.73. The average Bonchev–Trinajstić information content (AvgIpc) is 2.95. The van der Waals surface area contributed by atoms with Crippen LogP contribution in [0, 0.1) is 0 Å². The van der Waals surface area contributed by atoms with E-state index in [-0.39, 0.29) is 17.4 Å². The minimum Gasteiger partial charge on any atom is -0.444 e. The van der Waals surface area contributed by atoms with Crippen LogP contribution in [0.25, 0.3) is 11.5 Å². The third kappa shape index (κ3) is 4.15. The molecule has 0 fully saturated rings. The molecule has 23 heavy (non-hydrogen) atoms. The van der Waals surface area contributed by atoms with Gasteiger partial charge in [-0.25, -0.2) is 14.8 Å². The first-order chi connectivity index (χ1) is 10.7. The van der Waals surface area contributed by atoms with E-state index in [1.165, 1.54) is 24.3 Å². The molecule has 2 rings (SSSR count). The Morgan fingerprint density at radius 3 is 2.57 bits per heavy atom. The minimum atomic E-state index is -0.595. The Morgan fingerprint density at radius 2 is 2.00 bits per heavy atom. The third-order valence-electron chi connectivity index (χ3n) is 2.87. The van der Waals surface area contributed by atoms with Gasteiger partial charge in [-0.1, -0.05) is 0 Å². The van der Waals surface area contributed by atoms with E-state index in [1.807, 2.05) is 0 Å². The lowest BCUT2D eigenvalue weighted by molar-refractivity contribution is 0.0588. The molecular weight excluding hydrogens is 298 g/mol. The van der Waals surface area contributed by atoms with Crippen LogP contribution in [-0.2, 0) is 4.74 Å². The zero-order valence-corrected chi connectivity index (χ0v) is 13.8. The smallest absolute Gasteiger partial charge is 0.415 e. The van der Waals surface area contributed by atoms with Crippen LogP contribution in [0.15, 0.2) is 29.0 Å². The number of carbonyl (C=O) groups excluding carboxylic acids is 2. The summed E-state index contributed by atoms with van der Waals surface area (Å²) in [5.74, 6) is 0.496. The highest BCUT2D eigenvalue weighted by atomic mass is 16.6. The summed E-state index contributed by atoms with van der Waals surface area (Å²) in [6, 6.07) is 3.32. The molecule has 0 unspecified atom stereocenters. The monoisotopic (exact) mass is 317 g/mol. The van der Waals surface area contributed by atoms with E-state index in [2.05, 4.69) is 9.97 Å². The van der Waals surface area contributed by atoms with Gasteiger partial charge in [-0.05, 0) is 32.9 Å². The predicted octanol–water partition coefficient (Wildman–Crippen LogP) is 3.31. The number of aromatic nitrogens is 2. The topological polar surface area (TPSA) is 85.5 Å². The van der Waals surface area contributed by atoms with Crippen LogP contribution in [0.3, 0.4) is 0 Å². The van der Waals surface area contributed by atoms with Gasteiger partial charge in [0, 0.05) is 25.7 Å². The second-order valence-corrected chi connectivity index (χ2v) is 6.04. The van der Waals surface area contributed by atoms with Crippen molar-refractivity contribution in [2.75, 3.05) is 11.9 Å². The van der Waals surface area contributed by atoms with Crippen molar-refractivity contribution in [3.05, 3.63) is 30.3 Å². The highest BCUT2D eigenvalue weighted by Gasteiger charge is 2.22. The molecule has 0 N–H and O–H groups in total. The number of anilines is 1. The Labute approximate surface area is 134 Å². The quantitative estimate of drug-likeness (QED) is 0.807. The predicted molar refractivity (Wildman–Crippen MR) is 84.4 cm³/mol. The molecule has 0 radical (unpaired) electrons. The molecule has 0 bridgehead atoms. The molecule has 2 aromatic heterocycles. The summed E-state index contributed by atoms with van der Waals surface area (Å²) in [6.45, 7) is 6.78. The summed E-state index contributed by atoms with van der Waals surface area (Å²) in [5, 5.41) is 0. The van der Waals surface area contributed by atoms with Crippen molar-refractivity contribution >= 4 is 17.7 Å². The van der Waals surface area contributed by atoms with E-state index in [0.29, 0.717) is 11.4 Å². The van der Waals surface area contributed by atoms with Gasteiger partial charge in [-0.2, -0.15) is 0 Å². The van der Waals surface area contributed by atoms with Crippen LogP contribution < -0.4 is 4.90 Å². The van der Waals surface area contributed by atoms with Crippen molar-refractivity contribution in [3.8, 4) is 11.5 Å². The van der Waals surface area contributed by atoms with Crippen LogP contribution in [0.1, 0.15) is 38.2 Å². The lowest BCUT2D eigenvalue weighted by atomic mass is 10.2. The van der Waals surface area contributed by atoms with E-state index in [9.17, 15) is 9.59 Å². The van der Waals surface area contributed by atoms with Crippen LogP contribution in [-0.4, -0.2) is 34.5 Å². The Kier molecular flexibility index (Phi) is 4.49. The molecule has 1 amide bonds. The van der Waals surface area contributed by atoms with Crippen molar-refractivity contribution in [1.29, 1.82) is 0 Å². The molecule has 0 aliphatic carbocycles. The maximum atomic E-state index is 12.1. The first-order valence-electron chi connectivity index (χ1n) is 7.07. The lowest BCUT2D eigenvalue weighted by Crippen LogP contribution is -2.34. The standard InChI is InChI=1S/C16H19N3O4/c1-10(20)12-9-22-14(18-12)11-6-7-17-13(8-11)19(5)15(21)23-16(2,3)4/h6-9H,1-5H3. The Hall–Kier alpha value is -2.70. The largest absolute Gasteiger partial charge is 0.444 e. The maximum absolute atomic E-state index is 12.1. The molecule has 0 aliphatic heterocycles. The van der Waals surface area contributed by atoms with Gasteiger partial charge < -0.3 is 9.15 Å². The molecule has 0 aliphatic rings. The number of hydrogen-bond acceptors (Lipinski definition) is 6. The van der Waals surface area contributed by atoms with Gasteiger partial charge >= 0.3 is 6.09 Å². The Balaban J connectivity index is 2.25. The molecule has 2 aromatic rings. The second-order valence-electron chi connectivity index (χ2n) is 6.04. The summed E-state index contributed by atoms with van der Waals surface area (Å²) in [5.41, 5.74) is 0.263. The number of oxazole rings is 1. The molecule has 0 atom stereocenters. The highest BCUT2D eigenvalue weighted by molar-refractivity contribution is 5.92. The van der Waals surface area contributed by atoms with Crippen molar-refractivity contribution in [3.63, 3.8) is 0 Å². The fourth-order valence-electron chi connectivity index (χ4n) is 1.73. The number of nitrogens with zero attached hydrogens (tertiary/aromatic N) is 3. The maximum Gasteiger partial charge on any atom is 0.415 e. The number of Topliss-reactive ketones (excluding diaryl/α,β-unsaturated/α-hetero) is 1. The molecular formula is C16H19N3O4. The molecule has 0 aromatic carbocycles. The number of ether oxygens (including phenoxy) is 1. The minimum absolute atomic E-state index is 0.180. The van der Waals surface area contributed by atoms with E-state index in [4.69, 9.17) is 9.15 Å². The van der Waals surface area contributed by atoms with E-state index >= 15 is 0 Å². The summed E-state index contributed by atoms with van der Waals surface area (Å²) in [7, 11) is 1.57. The number of rotatable bonds is 3. The van der Waals surface area contributed by atoms with Gasteiger partial charge in [-0.3, -0.25) is 9.69 Å². The van der Waals surface area contributed by atoms with Crippen LogP contribution in [0.4, 0.5) is 10.6 Å². The molecule has 0 saturated heterocycles. The van der Waals surface area contributed by atoms with E-state index < -0.39 is 11.7 Å². The normalized spacial score (nSPS) is 11.2. The summed E-state index contributed by atoms with van der Waals surface area (Å²) >= 11 is 0. The number of carbonyl (C=O) groups is 2. The van der Waals surface area contributed by atoms with Gasteiger partial charge in [0.15, 0.2) is 5.78 Å². The number of ketones is 1. The Morgan fingerprint density at radius 1 is 1.30 bits per heavy atom. The number of pyridine rings is 1. The highest BCUT2D eigenvalue weighted by Crippen LogP contribution is 2.23. The first-order valence-corrected chi connectivity index (χ1v) is 7.07. The van der Waals surface area contributed by atoms with E-state index in [0.717, 1.165) is 0 Å². The molecule has 2 heterocycles. The molecule has 7 nitrogen and oxygen atoms in total. The van der Waals surface area contributed by atoms with Gasteiger partial charge in [0.1, 0.15) is 23.4 Å². The Bertz CT molecular complexity index is 731. The molecule has 7 heteroatoms. The van der Waals surface area contributed by atoms with Gasteiger partial charge in [0.2, 0.25) is 5.89 Å². The van der Waals surface area contributed by atoms with Crippen molar-refractivity contribution < 1.29 is 18.7 Å². The van der Waals surface area contributed by atoms with Crippen LogP contribution in [0.2, 0.25) is 0 Å². The number of hydrogen-bond donors (Lipinski definition) is 0. The lowest BCUT2D eigenvalue weighted by Gasteiger charge is -2.24. The van der Waals surface area contributed by atoms with Crippen molar-refractivity contribution in [1.82, 2.24) is 9.97 Å². The van der Waals surface area contributed by atoms with Gasteiger partial charge in [-0.15, -0.1) is 0 Å². The summed E-state index contributed by atoms with van der Waals surface area (Å²) < 4.78 is 10.6. The second kappa shape index (κ2) is 6.20. The van der Waals surface area contributed by atoms with Crippen molar-refractivity contribution in [2.24, 2.45) is 0 Å². The van der Waals surface area contributed by atoms with Crippen molar-refractivity contribution in [2.45, 2.75) is 33.3 Å². The van der Waals surface area contributed by atoms with Gasteiger partial charge in [0.05, 0.1) is 0 Å². The fraction of sp³-hybridized carbons (Fsp3) is 0.375. The summed E-state index contributed by atoms with van der Waals surface area (Å²) in [6.07, 6.45) is 2.32. The average molecular weight is 317 g/mol. The number of amides is 1. The van der Waals surface area contributed by atoms with Crippen LogP contribution in [0.5, 0.6) is 0 Å². The van der Waals surface area contributed by atoms with Crippen LogP contribution >= 0.6 is 0 Å². The molecule has 122 valence electrons.